The molecule has 1 atom stereocenters. The van der Waals surface area contributed by atoms with E-state index in [4.69, 9.17) is 14.5 Å². The number of nitrogens with zero attached hydrogens (tertiary/aromatic N) is 1. The molecule has 5 heteroatoms. The molecule has 0 heterocycles. The number of aliphatic hydroxyl groups is 1. The summed E-state index contributed by atoms with van der Waals surface area (Å²) >= 11 is 0. The van der Waals surface area contributed by atoms with Crippen LogP contribution in [0.4, 0.5) is 0 Å². The fraction of sp³-hybridized carbons (Fsp3) is 0.406. The number of methoxy groups -OCH3 is 2. The number of para-hydroxylation sites is 2. The molecule has 3 aromatic rings. The van der Waals surface area contributed by atoms with Gasteiger partial charge in [0, 0.05) is 28.5 Å². The number of phenolic OH excluding ortho intramolecular Hbond substituents is 1. The van der Waals surface area contributed by atoms with Gasteiger partial charge in [0.2, 0.25) is 0 Å². The molecule has 0 radical (unpaired) electrons. The molecule has 0 unspecified atom stereocenters. The van der Waals surface area contributed by atoms with Gasteiger partial charge in [-0.05, 0) is 41.5 Å². The van der Waals surface area contributed by atoms with Crippen molar-refractivity contribution in [2.24, 2.45) is 4.99 Å². The van der Waals surface area contributed by atoms with Crippen LogP contribution in [0.5, 0.6) is 17.2 Å². The Bertz CT molecular complexity index is 1220. The first kappa shape index (κ1) is 28.3. The van der Waals surface area contributed by atoms with Gasteiger partial charge in [-0.25, -0.2) is 0 Å². The predicted molar refractivity (Wildman–Crippen MR) is 152 cm³/mol. The second-order valence-corrected chi connectivity index (χ2v) is 11.6. The van der Waals surface area contributed by atoms with Crippen molar-refractivity contribution in [1.29, 1.82) is 0 Å². The SMILES string of the molecule is COc1ccccc1C(O)(c1ccccc1OC)[C@@H](C)N=Cc1cc(C(C)(C)C)cc(C(C)(C)C)c1O. The van der Waals surface area contributed by atoms with Crippen molar-refractivity contribution in [1.82, 2.24) is 0 Å². The fourth-order valence-corrected chi connectivity index (χ4v) is 4.57. The minimum Gasteiger partial charge on any atom is -0.507 e. The number of benzene rings is 3. The Morgan fingerprint density at radius 2 is 1.24 bits per heavy atom. The number of phenols is 1. The van der Waals surface area contributed by atoms with Crippen LogP contribution in [0, 0.1) is 0 Å². The maximum absolute atomic E-state index is 12.4. The van der Waals surface area contributed by atoms with Gasteiger partial charge >= 0.3 is 0 Å². The van der Waals surface area contributed by atoms with Crippen molar-refractivity contribution >= 4 is 6.21 Å². The molecule has 0 aliphatic carbocycles. The van der Waals surface area contributed by atoms with E-state index in [2.05, 4.69) is 47.6 Å². The second kappa shape index (κ2) is 10.6. The molecule has 0 fully saturated rings. The van der Waals surface area contributed by atoms with E-state index in [1.54, 1.807) is 20.4 Å². The Labute approximate surface area is 221 Å². The highest BCUT2D eigenvalue weighted by atomic mass is 16.5. The van der Waals surface area contributed by atoms with E-state index in [1.165, 1.54) is 0 Å². The Morgan fingerprint density at radius 3 is 1.68 bits per heavy atom. The lowest BCUT2D eigenvalue weighted by atomic mass is 9.78. The number of rotatable bonds is 7. The van der Waals surface area contributed by atoms with Crippen molar-refractivity contribution in [3.8, 4) is 17.2 Å². The van der Waals surface area contributed by atoms with Gasteiger partial charge in [0.1, 0.15) is 22.8 Å². The van der Waals surface area contributed by atoms with Gasteiger partial charge in [0.25, 0.3) is 0 Å². The van der Waals surface area contributed by atoms with E-state index in [9.17, 15) is 10.2 Å². The standard InChI is InChI=1S/C32H41NO4/c1-21(33-20-22-18-23(30(2,3)4)19-26(29(22)34)31(5,6)7)32(35,24-14-10-12-16-27(24)36-8)25-15-11-13-17-28(25)37-9/h10-21,34-35H,1-9H3/t21-/m1/s1. The second-order valence-electron chi connectivity index (χ2n) is 11.6. The van der Waals surface area contributed by atoms with E-state index in [0.717, 1.165) is 11.1 Å². The number of ether oxygens (including phenoxy) is 2. The highest BCUT2D eigenvalue weighted by molar-refractivity contribution is 5.85. The average molecular weight is 504 g/mol. The molecule has 0 bridgehead atoms. The molecule has 5 nitrogen and oxygen atoms in total. The summed E-state index contributed by atoms with van der Waals surface area (Å²) in [5.74, 6) is 1.30. The molecule has 0 aliphatic heterocycles. The highest BCUT2D eigenvalue weighted by Crippen LogP contribution is 2.43. The van der Waals surface area contributed by atoms with Crippen molar-refractivity contribution in [3.05, 3.63) is 88.5 Å². The third-order valence-electron chi connectivity index (χ3n) is 6.89. The lowest BCUT2D eigenvalue weighted by Gasteiger charge is -2.35. The van der Waals surface area contributed by atoms with Crippen molar-refractivity contribution < 1.29 is 19.7 Å². The molecule has 0 saturated carbocycles. The summed E-state index contributed by atoms with van der Waals surface area (Å²) in [5, 5.41) is 23.7. The number of hydrogen-bond donors (Lipinski definition) is 2. The Morgan fingerprint density at radius 1 is 0.757 bits per heavy atom. The van der Waals surface area contributed by atoms with Crippen LogP contribution in [0.3, 0.4) is 0 Å². The van der Waals surface area contributed by atoms with Crippen molar-refractivity contribution in [3.63, 3.8) is 0 Å². The normalized spacial score (nSPS) is 13.6. The molecule has 0 saturated heterocycles. The summed E-state index contributed by atoms with van der Waals surface area (Å²) < 4.78 is 11.3. The van der Waals surface area contributed by atoms with Crippen LogP contribution in [0.25, 0.3) is 0 Å². The van der Waals surface area contributed by atoms with E-state index >= 15 is 0 Å². The summed E-state index contributed by atoms with van der Waals surface area (Å²) in [6.07, 6.45) is 1.67. The van der Waals surface area contributed by atoms with E-state index in [1.807, 2.05) is 61.5 Å². The van der Waals surface area contributed by atoms with E-state index < -0.39 is 11.6 Å². The Hall–Kier alpha value is -3.31. The topological polar surface area (TPSA) is 71.3 Å². The zero-order chi connectivity index (χ0) is 27.6. The first-order valence-corrected chi connectivity index (χ1v) is 12.7. The molecule has 3 aromatic carbocycles. The monoisotopic (exact) mass is 503 g/mol. The molecular formula is C32H41NO4. The maximum Gasteiger partial charge on any atom is 0.144 e. The van der Waals surface area contributed by atoms with Crippen LogP contribution in [0.1, 0.15) is 76.3 Å². The number of aliphatic imine (C=N–C) groups is 1. The van der Waals surface area contributed by atoms with E-state index in [-0.39, 0.29) is 16.6 Å². The molecule has 198 valence electrons. The zero-order valence-corrected chi connectivity index (χ0v) is 23.6. The Kier molecular flexibility index (Phi) is 8.09. The van der Waals surface area contributed by atoms with Crippen LogP contribution in [-0.2, 0) is 16.4 Å². The minimum atomic E-state index is -1.57. The molecule has 0 aromatic heterocycles. The summed E-state index contributed by atoms with van der Waals surface area (Å²) in [4.78, 5) is 4.83. The van der Waals surface area contributed by atoms with Gasteiger partial charge in [-0.3, -0.25) is 4.99 Å². The van der Waals surface area contributed by atoms with Gasteiger partial charge in [-0.1, -0.05) is 84.0 Å². The third kappa shape index (κ3) is 5.67. The van der Waals surface area contributed by atoms with Crippen LogP contribution in [0.15, 0.2) is 65.7 Å². The van der Waals surface area contributed by atoms with Gasteiger partial charge in [-0.2, -0.15) is 0 Å². The highest BCUT2D eigenvalue weighted by Gasteiger charge is 2.42. The van der Waals surface area contributed by atoms with Gasteiger partial charge in [0.05, 0.1) is 20.3 Å². The number of hydrogen-bond acceptors (Lipinski definition) is 5. The maximum atomic E-state index is 12.4. The first-order chi connectivity index (χ1) is 17.2. The van der Waals surface area contributed by atoms with Crippen LogP contribution in [-0.4, -0.2) is 36.7 Å². The largest absolute Gasteiger partial charge is 0.507 e. The summed E-state index contributed by atoms with van der Waals surface area (Å²) in [7, 11) is 3.17. The van der Waals surface area contributed by atoms with Gasteiger partial charge in [-0.15, -0.1) is 0 Å². The zero-order valence-electron chi connectivity index (χ0n) is 23.6. The lowest BCUT2D eigenvalue weighted by molar-refractivity contribution is 0.0538. The molecule has 37 heavy (non-hydrogen) atoms. The van der Waals surface area contributed by atoms with Crippen LogP contribution < -0.4 is 9.47 Å². The molecule has 3 rings (SSSR count). The van der Waals surface area contributed by atoms with Crippen LogP contribution in [0.2, 0.25) is 0 Å². The van der Waals surface area contributed by atoms with E-state index in [0.29, 0.717) is 28.2 Å². The Balaban J connectivity index is 2.22. The van der Waals surface area contributed by atoms with Crippen LogP contribution >= 0.6 is 0 Å². The van der Waals surface area contributed by atoms with Crippen molar-refractivity contribution in [2.45, 2.75) is 70.9 Å². The van der Waals surface area contributed by atoms with Crippen molar-refractivity contribution in [2.75, 3.05) is 14.2 Å². The molecule has 0 aliphatic rings. The molecule has 0 spiro atoms. The third-order valence-corrected chi connectivity index (χ3v) is 6.89. The summed E-state index contributed by atoms with van der Waals surface area (Å²) in [6, 6.07) is 18.2. The predicted octanol–water partition coefficient (Wildman–Crippen LogP) is 6.75. The van der Waals surface area contributed by atoms with Gasteiger partial charge < -0.3 is 19.7 Å². The fourth-order valence-electron chi connectivity index (χ4n) is 4.57. The molecule has 0 amide bonds. The summed E-state index contributed by atoms with van der Waals surface area (Å²) in [5.41, 5.74) is 1.80. The van der Waals surface area contributed by atoms with Gasteiger partial charge in [0.15, 0.2) is 0 Å². The lowest BCUT2D eigenvalue weighted by Crippen LogP contribution is -2.38. The molecular weight excluding hydrogens is 462 g/mol. The summed E-state index contributed by atoms with van der Waals surface area (Å²) in [6.45, 7) is 14.6. The smallest absolute Gasteiger partial charge is 0.144 e. The minimum absolute atomic E-state index is 0.114. The number of aromatic hydroxyl groups is 1. The molecule has 2 N–H and O–H groups in total. The average Bonchev–Trinajstić information content (AvgIpc) is 2.85. The quantitative estimate of drug-likeness (QED) is 0.350. The first-order valence-electron chi connectivity index (χ1n) is 12.7.